The summed E-state index contributed by atoms with van der Waals surface area (Å²) in [5, 5.41) is 2.37. The second-order valence-corrected chi connectivity index (χ2v) is 8.32. The van der Waals surface area contributed by atoms with Crippen LogP contribution in [0.3, 0.4) is 0 Å². The third-order valence-corrected chi connectivity index (χ3v) is 5.90. The summed E-state index contributed by atoms with van der Waals surface area (Å²) in [7, 11) is 0. The first kappa shape index (κ1) is 21.1. The van der Waals surface area contributed by atoms with E-state index in [4.69, 9.17) is 0 Å². The number of aromatic nitrogens is 2. The Bertz CT molecular complexity index is 1010. The molecule has 31 heavy (non-hydrogen) atoms. The van der Waals surface area contributed by atoms with Crippen molar-refractivity contribution in [1.82, 2.24) is 15.3 Å². The smallest absolute Gasteiger partial charge is 0.373 e. The topological polar surface area (TPSA) is 61.4 Å². The van der Waals surface area contributed by atoms with Crippen LogP contribution in [0.15, 0.2) is 43.1 Å². The fourth-order valence-corrected chi connectivity index (χ4v) is 4.18. The van der Waals surface area contributed by atoms with Gasteiger partial charge in [0, 0.05) is 25.0 Å². The summed E-state index contributed by atoms with van der Waals surface area (Å²) in [6, 6.07) is 7.08. The van der Waals surface area contributed by atoms with Gasteiger partial charge in [-0.25, -0.2) is 4.98 Å². The molecule has 0 saturated carbocycles. The van der Waals surface area contributed by atoms with Gasteiger partial charge in [-0.05, 0) is 44.5 Å². The molecule has 4 rings (SSSR count). The van der Waals surface area contributed by atoms with Crippen LogP contribution in [0, 0.1) is 0 Å². The molecule has 2 aromatic heterocycles. The fourth-order valence-electron chi connectivity index (χ4n) is 4.18. The van der Waals surface area contributed by atoms with Gasteiger partial charge in [0.05, 0.1) is 29.0 Å². The van der Waals surface area contributed by atoms with Crippen LogP contribution in [0.4, 0.5) is 24.7 Å². The Morgan fingerprint density at radius 2 is 2.10 bits per heavy atom. The van der Waals surface area contributed by atoms with E-state index in [0.717, 1.165) is 25.6 Å². The summed E-state index contributed by atoms with van der Waals surface area (Å²) in [6.07, 6.45) is -1.87. The number of pyridine rings is 2. The quantitative estimate of drug-likeness (QED) is 0.785. The van der Waals surface area contributed by atoms with E-state index >= 15 is 0 Å². The molecule has 2 aliphatic rings. The van der Waals surface area contributed by atoms with E-state index in [0.29, 0.717) is 18.1 Å². The van der Waals surface area contributed by atoms with Crippen LogP contribution >= 0.6 is 0 Å². The van der Waals surface area contributed by atoms with Crippen molar-refractivity contribution in [3.8, 4) is 0 Å². The second kappa shape index (κ2) is 7.55. The molecule has 6 nitrogen and oxygen atoms in total. The predicted octanol–water partition coefficient (Wildman–Crippen LogP) is 3.55. The Kier molecular flexibility index (Phi) is 5.15. The molecule has 0 aliphatic carbocycles. The average Bonchev–Trinajstić information content (AvgIpc) is 3.05. The molecular weight excluding hydrogens is 407 g/mol. The average molecular weight is 431 g/mol. The zero-order valence-electron chi connectivity index (χ0n) is 17.4. The number of amides is 1. The summed E-state index contributed by atoms with van der Waals surface area (Å²) in [6.45, 7) is 8.24. The second-order valence-electron chi connectivity index (χ2n) is 8.32. The van der Waals surface area contributed by atoms with Crippen LogP contribution in [0.2, 0.25) is 0 Å². The molecule has 0 aromatic carbocycles. The maximum absolute atomic E-state index is 13.4. The van der Waals surface area contributed by atoms with Crippen molar-refractivity contribution in [3.63, 3.8) is 0 Å². The van der Waals surface area contributed by atoms with Gasteiger partial charge < -0.3 is 10.2 Å². The van der Waals surface area contributed by atoms with Gasteiger partial charge >= 0.3 is 6.18 Å². The number of nitrogens with one attached hydrogen (secondary N) is 1. The van der Waals surface area contributed by atoms with E-state index in [9.17, 15) is 18.0 Å². The van der Waals surface area contributed by atoms with Gasteiger partial charge in [-0.1, -0.05) is 12.6 Å². The summed E-state index contributed by atoms with van der Waals surface area (Å²) >= 11 is 0. The number of rotatable bonds is 5. The summed E-state index contributed by atoms with van der Waals surface area (Å²) in [5.74, 6) is 0.308. The monoisotopic (exact) mass is 431 g/mol. The van der Waals surface area contributed by atoms with E-state index in [2.05, 4.69) is 26.8 Å². The minimum atomic E-state index is -4.40. The highest BCUT2D eigenvalue weighted by Crippen LogP contribution is 2.44. The van der Waals surface area contributed by atoms with Crippen LogP contribution < -0.4 is 15.1 Å². The lowest BCUT2D eigenvalue weighted by atomic mass is 9.96. The fraction of sp³-hybridized carbons (Fsp3) is 0.409. The third-order valence-electron chi connectivity index (χ3n) is 5.90. The van der Waals surface area contributed by atoms with Gasteiger partial charge in [0.2, 0.25) is 5.91 Å². The minimum Gasteiger partial charge on any atom is -0.373 e. The number of fused-ring (bicyclic) bond motifs is 4. The zero-order valence-corrected chi connectivity index (χ0v) is 17.4. The van der Waals surface area contributed by atoms with Gasteiger partial charge in [0.1, 0.15) is 6.04 Å². The first-order valence-electron chi connectivity index (χ1n) is 10.1. The van der Waals surface area contributed by atoms with Crippen molar-refractivity contribution in [1.29, 1.82) is 0 Å². The molecule has 0 spiro atoms. The molecule has 0 unspecified atom stereocenters. The molecule has 1 saturated heterocycles. The Morgan fingerprint density at radius 1 is 1.32 bits per heavy atom. The molecule has 9 heteroatoms. The standard InChI is InChI=1S/C22H24F3N5O/c1-14(27-15(2)22(23,24)25)17-7-8-18-20(28-17)30(21(3)9-11-29(18)13-21)19(31)12-16-6-4-5-10-26-16/h4-8,10,15,27H,1,9,11-13H2,2-3H3/t15-,21+/m1/s1. The van der Waals surface area contributed by atoms with Crippen molar-refractivity contribution >= 4 is 23.1 Å². The van der Waals surface area contributed by atoms with E-state index in [-0.39, 0.29) is 23.7 Å². The van der Waals surface area contributed by atoms with Crippen molar-refractivity contribution < 1.29 is 18.0 Å². The Hall–Kier alpha value is -3.10. The maximum Gasteiger partial charge on any atom is 0.408 e. The van der Waals surface area contributed by atoms with Gasteiger partial charge in [-0.2, -0.15) is 13.2 Å². The molecule has 1 N–H and O–H groups in total. The van der Waals surface area contributed by atoms with Gasteiger partial charge in [-0.15, -0.1) is 0 Å². The number of halogens is 3. The zero-order chi connectivity index (χ0) is 22.4. The van der Waals surface area contributed by atoms with Gasteiger partial charge in [-0.3, -0.25) is 14.7 Å². The Morgan fingerprint density at radius 3 is 2.77 bits per heavy atom. The Balaban J connectivity index is 1.67. The highest BCUT2D eigenvalue weighted by atomic mass is 19.4. The molecule has 2 bridgehead atoms. The predicted molar refractivity (Wildman–Crippen MR) is 113 cm³/mol. The van der Waals surface area contributed by atoms with Crippen LogP contribution in [0.5, 0.6) is 0 Å². The number of hydrogen-bond acceptors (Lipinski definition) is 5. The molecule has 164 valence electrons. The van der Waals surface area contributed by atoms with Crippen molar-refractivity contribution in [2.75, 3.05) is 22.9 Å². The van der Waals surface area contributed by atoms with E-state index < -0.39 is 17.8 Å². The number of carbonyl (C=O) groups excluding carboxylic acids is 1. The van der Waals surface area contributed by atoms with E-state index in [1.165, 1.54) is 0 Å². The number of anilines is 2. The molecule has 2 atom stereocenters. The normalized spacial score (nSPS) is 20.9. The summed E-state index contributed by atoms with van der Waals surface area (Å²) in [5.41, 5.74) is 1.34. The SMILES string of the molecule is C=C(N[C@H](C)C(F)(F)F)c1ccc2c(n1)N(C(=O)Cc1ccccn1)[C@@]1(C)CCN2C1. The molecule has 1 amide bonds. The first-order valence-corrected chi connectivity index (χ1v) is 10.1. The summed E-state index contributed by atoms with van der Waals surface area (Å²) < 4.78 is 38.8. The Labute approximate surface area is 178 Å². The number of hydrogen-bond donors (Lipinski definition) is 1. The van der Waals surface area contributed by atoms with E-state index in [1.54, 1.807) is 35.4 Å². The van der Waals surface area contributed by atoms with Crippen LogP contribution in [-0.4, -0.2) is 46.7 Å². The molecule has 2 aromatic rings. The largest absolute Gasteiger partial charge is 0.408 e. The molecule has 1 fully saturated rings. The molecular formula is C22H24F3N5O. The van der Waals surface area contributed by atoms with Crippen molar-refractivity contribution in [2.45, 2.75) is 44.4 Å². The number of alkyl halides is 3. The lowest BCUT2D eigenvalue weighted by Gasteiger charge is -2.43. The van der Waals surface area contributed by atoms with Crippen LogP contribution in [-0.2, 0) is 11.2 Å². The van der Waals surface area contributed by atoms with Crippen LogP contribution in [0.1, 0.15) is 31.7 Å². The highest BCUT2D eigenvalue weighted by Gasteiger charge is 2.48. The van der Waals surface area contributed by atoms with Crippen LogP contribution in [0.25, 0.3) is 5.70 Å². The lowest BCUT2D eigenvalue weighted by Crippen LogP contribution is -2.55. The molecule has 4 heterocycles. The minimum absolute atomic E-state index is 0.0582. The third kappa shape index (κ3) is 3.96. The lowest BCUT2D eigenvalue weighted by molar-refractivity contribution is -0.148. The highest BCUT2D eigenvalue weighted by molar-refractivity contribution is 5.99. The van der Waals surface area contributed by atoms with Crippen molar-refractivity contribution in [3.05, 3.63) is 54.5 Å². The van der Waals surface area contributed by atoms with Crippen molar-refractivity contribution in [2.24, 2.45) is 0 Å². The molecule has 0 radical (unpaired) electrons. The number of carbonyl (C=O) groups is 1. The molecule has 2 aliphatic heterocycles. The van der Waals surface area contributed by atoms with Gasteiger partial charge in [0.15, 0.2) is 5.82 Å². The van der Waals surface area contributed by atoms with E-state index in [1.807, 2.05) is 13.0 Å². The first-order chi connectivity index (χ1) is 14.6. The van der Waals surface area contributed by atoms with Gasteiger partial charge in [0.25, 0.3) is 0 Å². The summed E-state index contributed by atoms with van der Waals surface area (Å²) in [4.78, 5) is 26.0. The maximum atomic E-state index is 13.4. The number of nitrogens with zero attached hydrogens (tertiary/aromatic N) is 4.